The van der Waals surface area contributed by atoms with Crippen molar-refractivity contribution < 1.29 is 13.7 Å². The fourth-order valence-corrected chi connectivity index (χ4v) is 3.94. The third-order valence-electron chi connectivity index (χ3n) is 4.18. The number of nitrogens with two attached hydrogens (primary N) is 2. The van der Waals surface area contributed by atoms with Gasteiger partial charge in [0.25, 0.3) is 0 Å². The summed E-state index contributed by atoms with van der Waals surface area (Å²) in [4.78, 5) is 13.0. The van der Waals surface area contributed by atoms with Crippen molar-refractivity contribution in [3.8, 4) is 0 Å². The van der Waals surface area contributed by atoms with Gasteiger partial charge in [-0.05, 0) is 62.8 Å². The van der Waals surface area contributed by atoms with Crippen LogP contribution < -0.4 is 11.5 Å². The van der Waals surface area contributed by atoms with E-state index in [9.17, 15) is 9.00 Å². The molecule has 0 saturated carbocycles. The number of nitrogens with zero attached hydrogens (tertiary/aromatic N) is 1. The highest BCUT2D eigenvalue weighted by Crippen LogP contribution is 2.21. The second-order valence-corrected chi connectivity index (χ2v) is 8.53. The molecule has 0 aliphatic heterocycles. The van der Waals surface area contributed by atoms with E-state index >= 15 is 0 Å². The summed E-state index contributed by atoms with van der Waals surface area (Å²) in [6.07, 6.45) is 2.98. The predicted molar refractivity (Wildman–Crippen MR) is 107 cm³/mol. The first kappa shape index (κ1) is 22.6. The summed E-state index contributed by atoms with van der Waals surface area (Å²) < 4.78 is 19.9. The molecule has 3 atom stereocenters. The van der Waals surface area contributed by atoms with Gasteiger partial charge in [-0.25, -0.2) is 8.51 Å². The van der Waals surface area contributed by atoms with E-state index in [2.05, 4.69) is 13.8 Å². The third-order valence-corrected chi connectivity index (χ3v) is 5.72. The molecule has 1 rings (SSSR count). The van der Waals surface area contributed by atoms with E-state index < -0.39 is 17.0 Å². The SMILES string of the molecule is COC(=O)C(CCCC(C)N)N(CCC(C)C)S(=O)c1ccc(N)cc1. The Kier molecular flexibility index (Phi) is 9.83. The minimum absolute atomic E-state index is 0.0695. The average molecular weight is 384 g/mol. The summed E-state index contributed by atoms with van der Waals surface area (Å²) in [7, 11) is -0.0979. The van der Waals surface area contributed by atoms with Crippen molar-refractivity contribution >= 4 is 22.6 Å². The molecule has 4 N–H and O–H groups in total. The fraction of sp³-hybridized carbons (Fsp3) is 0.632. The zero-order chi connectivity index (χ0) is 19.7. The van der Waals surface area contributed by atoms with Crippen molar-refractivity contribution in [1.82, 2.24) is 4.31 Å². The predicted octanol–water partition coefficient (Wildman–Crippen LogP) is 2.70. The number of esters is 1. The minimum atomic E-state index is -1.47. The van der Waals surface area contributed by atoms with Crippen LogP contribution in [0.25, 0.3) is 0 Å². The van der Waals surface area contributed by atoms with E-state index in [1.54, 1.807) is 28.6 Å². The van der Waals surface area contributed by atoms with Crippen molar-refractivity contribution in [3.05, 3.63) is 24.3 Å². The highest BCUT2D eigenvalue weighted by Gasteiger charge is 2.31. The largest absolute Gasteiger partial charge is 0.468 e. The molecule has 26 heavy (non-hydrogen) atoms. The number of benzene rings is 1. The normalized spacial score (nSPS) is 15.0. The number of hydrogen-bond acceptors (Lipinski definition) is 5. The molecule has 1 aromatic rings. The Morgan fingerprint density at radius 1 is 1.15 bits per heavy atom. The molecule has 6 nitrogen and oxygen atoms in total. The van der Waals surface area contributed by atoms with Crippen LogP contribution in [0.2, 0.25) is 0 Å². The number of carbonyl (C=O) groups excluding carboxylic acids is 1. The maximum absolute atomic E-state index is 13.2. The van der Waals surface area contributed by atoms with Crippen molar-refractivity contribution in [1.29, 1.82) is 0 Å². The van der Waals surface area contributed by atoms with E-state index in [0.29, 0.717) is 29.5 Å². The number of rotatable bonds is 11. The average Bonchev–Trinajstić information content (AvgIpc) is 2.59. The molecule has 0 radical (unpaired) electrons. The minimum Gasteiger partial charge on any atom is -0.468 e. The standard InChI is InChI=1S/C19H33N3O3S/c1-14(2)12-13-22(26(24)17-10-8-16(21)9-11-17)18(19(23)25-4)7-5-6-15(3)20/h8-11,14-15,18H,5-7,12-13,20-21H2,1-4H3. The Balaban J connectivity index is 3.05. The van der Waals surface area contributed by atoms with Gasteiger partial charge in [0.15, 0.2) is 0 Å². The number of nitrogen functional groups attached to an aromatic ring is 1. The molecule has 0 aliphatic rings. The Hall–Kier alpha value is -1.44. The number of anilines is 1. The number of hydrogen-bond donors (Lipinski definition) is 2. The zero-order valence-electron chi connectivity index (χ0n) is 16.3. The molecule has 3 unspecified atom stereocenters. The van der Waals surface area contributed by atoms with Gasteiger partial charge in [-0.2, -0.15) is 0 Å². The van der Waals surface area contributed by atoms with Crippen LogP contribution in [-0.4, -0.2) is 40.2 Å². The lowest BCUT2D eigenvalue weighted by Crippen LogP contribution is -2.44. The van der Waals surface area contributed by atoms with Gasteiger partial charge in [0, 0.05) is 18.3 Å². The second kappa shape index (κ2) is 11.3. The van der Waals surface area contributed by atoms with E-state index in [-0.39, 0.29) is 12.0 Å². The van der Waals surface area contributed by atoms with Gasteiger partial charge in [0.1, 0.15) is 17.0 Å². The Bertz CT molecular complexity index is 576. The van der Waals surface area contributed by atoms with Crippen LogP contribution in [0.3, 0.4) is 0 Å². The highest BCUT2D eigenvalue weighted by molar-refractivity contribution is 7.82. The van der Waals surface area contributed by atoms with Crippen LogP contribution >= 0.6 is 0 Å². The van der Waals surface area contributed by atoms with Crippen molar-refractivity contribution in [2.75, 3.05) is 19.4 Å². The Labute approximate surface area is 159 Å². The molecular weight excluding hydrogens is 350 g/mol. The lowest BCUT2D eigenvalue weighted by molar-refractivity contribution is -0.145. The maximum atomic E-state index is 13.2. The number of carbonyl (C=O) groups is 1. The van der Waals surface area contributed by atoms with Crippen LogP contribution in [0.5, 0.6) is 0 Å². The molecule has 0 bridgehead atoms. The quantitative estimate of drug-likeness (QED) is 0.452. The Morgan fingerprint density at radius 2 is 1.77 bits per heavy atom. The van der Waals surface area contributed by atoms with Crippen LogP contribution in [0.15, 0.2) is 29.2 Å². The molecular formula is C19H33N3O3S. The summed E-state index contributed by atoms with van der Waals surface area (Å²) in [6.45, 7) is 6.70. The highest BCUT2D eigenvalue weighted by atomic mass is 32.2. The second-order valence-electron chi connectivity index (χ2n) is 7.09. The van der Waals surface area contributed by atoms with Crippen molar-refractivity contribution in [2.45, 2.75) is 63.4 Å². The summed E-state index contributed by atoms with van der Waals surface area (Å²) in [5, 5.41) is 0. The molecule has 0 saturated heterocycles. The third kappa shape index (κ3) is 7.43. The first-order valence-electron chi connectivity index (χ1n) is 9.13. The molecule has 0 aromatic heterocycles. The summed E-state index contributed by atoms with van der Waals surface area (Å²) >= 11 is 0. The molecule has 0 aliphatic carbocycles. The monoisotopic (exact) mass is 383 g/mol. The Morgan fingerprint density at radius 3 is 2.27 bits per heavy atom. The first-order valence-corrected chi connectivity index (χ1v) is 10.2. The van der Waals surface area contributed by atoms with E-state index in [1.165, 1.54) is 7.11 Å². The van der Waals surface area contributed by atoms with E-state index in [1.807, 2.05) is 6.92 Å². The molecule has 0 amide bonds. The maximum Gasteiger partial charge on any atom is 0.324 e. The van der Waals surface area contributed by atoms with Crippen LogP contribution in [0.1, 0.15) is 46.5 Å². The fourth-order valence-electron chi connectivity index (χ4n) is 2.61. The van der Waals surface area contributed by atoms with Gasteiger partial charge in [-0.3, -0.25) is 4.79 Å². The lowest BCUT2D eigenvalue weighted by atomic mass is 10.1. The summed E-state index contributed by atoms with van der Waals surface area (Å²) in [5.41, 5.74) is 12.2. The summed E-state index contributed by atoms with van der Waals surface area (Å²) in [6, 6.07) is 6.43. The molecule has 148 valence electrons. The van der Waals surface area contributed by atoms with Crippen molar-refractivity contribution in [3.63, 3.8) is 0 Å². The van der Waals surface area contributed by atoms with Gasteiger partial charge in [0.05, 0.1) is 12.0 Å². The van der Waals surface area contributed by atoms with Crippen LogP contribution in [-0.2, 0) is 20.5 Å². The summed E-state index contributed by atoms with van der Waals surface area (Å²) in [5.74, 6) is 0.0745. The van der Waals surface area contributed by atoms with Crippen LogP contribution in [0, 0.1) is 5.92 Å². The lowest BCUT2D eigenvalue weighted by Gasteiger charge is -2.29. The first-order chi connectivity index (χ1) is 12.3. The molecule has 0 heterocycles. The smallest absolute Gasteiger partial charge is 0.324 e. The van der Waals surface area contributed by atoms with Gasteiger partial charge in [-0.15, -0.1) is 0 Å². The van der Waals surface area contributed by atoms with E-state index in [4.69, 9.17) is 16.2 Å². The number of ether oxygens (including phenoxy) is 1. The topological polar surface area (TPSA) is 98.6 Å². The number of methoxy groups -OCH3 is 1. The molecule has 0 fully saturated rings. The van der Waals surface area contributed by atoms with Gasteiger partial charge >= 0.3 is 5.97 Å². The molecule has 7 heteroatoms. The molecule has 1 aromatic carbocycles. The molecule has 0 spiro atoms. The van der Waals surface area contributed by atoms with Crippen molar-refractivity contribution in [2.24, 2.45) is 11.7 Å². The zero-order valence-corrected chi connectivity index (χ0v) is 17.1. The van der Waals surface area contributed by atoms with Gasteiger partial charge in [0.2, 0.25) is 0 Å². The van der Waals surface area contributed by atoms with Gasteiger partial charge < -0.3 is 16.2 Å². The van der Waals surface area contributed by atoms with Crippen LogP contribution in [0.4, 0.5) is 5.69 Å². The van der Waals surface area contributed by atoms with E-state index in [0.717, 1.165) is 19.3 Å². The van der Waals surface area contributed by atoms with Gasteiger partial charge in [-0.1, -0.05) is 13.8 Å².